The van der Waals surface area contributed by atoms with Crippen molar-refractivity contribution in [3.8, 4) is 11.1 Å². The minimum Gasteiger partial charge on any atom is -0.477 e. The number of aliphatic carboxylic acids is 1. The SMILES string of the molecule is N=C(CCc1ccc(-c2ccc(Cl)cc2)cc1)C(=O)O. The van der Waals surface area contributed by atoms with Gasteiger partial charge in [-0.1, -0.05) is 48.0 Å². The summed E-state index contributed by atoms with van der Waals surface area (Å²) in [6, 6.07) is 15.5. The van der Waals surface area contributed by atoms with Gasteiger partial charge < -0.3 is 5.11 Å². The summed E-state index contributed by atoms with van der Waals surface area (Å²) >= 11 is 5.85. The topological polar surface area (TPSA) is 61.2 Å². The molecule has 0 aliphatic carbocycles. The molecule has 0 aliphatic heterocycles. The van der Waals surface area contributed by atoms with Gasteiger partial charge in [0.15, 0.2) is 0 Å². The van der Waals surface area contributed by atoms with Gasteiger partial charge in [-0.3, -0.25) is 5.41 Å². The third kappa shape index (κ3) is 3.68. The van der Waals surface area contributed by atoms with Gasteiger partial charge in [0.05, 0.1) is 0 Å². The first-order chi connectivity index (χ1) is 9.56. The Morgan fingerprint density at radius 1 is 1.00 bits per heavy atom. The zero-order valence-electron chi connectivity index (χ0n) is 10.8. The molecule has 3 nitrogen and oxygen atoms in total. The number of carboxylic acids is 1. The molecule has 0 radical (unpaired) electrons. The van der Waals surface area contributed by atoms with E-state index in [0.717, 1.165) is 16.7 Å². The zero-order valence-corrected chi connectivity index (χ0v) is 11.5. The number of aryl methyl sites for hydroxylation is 1. The van der Waals surface area contributed by atoms with Gasteiger partial charge in [0, 0.05) is 11.4 Å². The van der Waals surface area contributed by atoms with Crippen molar-refractivity contribution >= 4 is 23.3 Å². The lowest BCUT2D eigenvalue weighted by atomic mass is 10.0. The van der Waals surface area contributed by atoms with Crippen LogP contribution in [-0.4, -0.2) is 16.8 Å². The quantitative estimate of drug-likeness (QED) is 0.815. The van der Waals surface area contributed by atoms with E-state index in [1.807, 2.05) is 48.5 Å². The molecule has 0 fully saturated rings. The highest BCUT2D eigenvalue weighted by molar-refractivity contribution is 6.34. The van der Waals surface area contributed by atoms with Gasteiger partial charge in [0.1, 0.15) is 5.71 Å². The number of carboxylic acid groups (broad SMARTS) is 1. The smallest absolute Gasteiger partial charge is 0.349 e. The van der Waals surface area contributed by atoms with Gasteiger partial charge in [0.2, 0.25) is 0 Å². The molecule has 102 valence electrons. The second-order valence-electron chi connectivity index (χ2n) is 4.49. The third-order valence-electron chi connectivity index (χ3n) is 3.05. The number of hydrogen-bond donors (Lipinski definition) is 2. The van der Waals surface area contributed by atoms with Crippen molar-refractivity contribution in [3.05, 3.63) is 59.1 Å². The first kappa shape index (κ1) is 14.3. The molecule has 2 aromatic carbocycles. The Morgan fingerprint density at radius 2 is 1.50 bits per heavy atom. The number of halogens is 1. The lowest BCUT2D eigenvalue weighted by Crippen LogP contribution is -2.11. The summed E-state index contributed by atoms with van der Waals surface area (Å²) in [4.78, 5) is 10.6. The molecule has 2 N–H and O–H groups in total. The predicted molar refractivity (Wildman–Crippen MR) is 80.6 cm³/mol. The summed E-state index contributed by atoms with van der Waals surface area (Å²) < 4.78 is 0. The minimum atomic E-state index is -1.15. The highest BCUT2D eigenvalue weighted by Gasteiger charge is 2.06. The number of carbonyl (C=O) groups is 1. The number of benzene rings is 2. The standard InChI is InChI=1S/C16H14ClNO2/c17-14-8-6-13(7-9-14)12-4-1-11(2-5-12)3-10-15(18)16(19)20/h1-2,4-9,18H,3,10H2,(H,19,20). The van der Waals surface area contributed by atoms with E-state index >= 15 is 0 Å². The van der Waals surface area contributed by atoms with E-state index in [1.165, 1.54) is 0 Å². The highest BCUT2D eigenvalue weighted by Crippen LogP contribution is 2.22. The maximum absolute atomic E-state index is 10.6. The van der Waals surface area contributed by atoms with Crippen molar-refractivity contribution < 1.29 is 9.90 Å². The van der Waals surface area contributed by atoms with Crippen molar-refractivity contribution in [1.29, 1.82) is 5.41 Å². The molecule has 0 heterocycles. The molecule has 0 aromatic heterocycles. The monoisotopic (exact) mass is 287 g/mol. The fourth-order valence-electron chi connectivity index (χ4n) is 1.88. The van der Waals surface area contributed by atoms with Crippen LogP contribution in [0.4, 0.5) is 0 Å². The molecule has 0 bridgehead atoms. The Kier molecular flexibility index (Phi) is 4.53. The van der Waals surface area contributed by atoms with E-state index in [4.69, 9.17) is 22.1 Å². The average Bonchev–Trinajstić information content (AvgIpc) is 2.46. The fourth-order valence-corrected chi connectivity index (χ4v) is 2.01. The van der Waals surface area contributed by atoms with E-state index in [2.05, 4.69) is 0 Å². The van der Waals surface area contributed by atoms with E-state index < -0.39 is 5.97 Å². The third-order valence-corrected chi connectivity index (χ3v) is 3.31. The van der Waals surface area contributed by atoms with E-state index in [-0.39, 0.29) is 12.1 Å². The highest BCUT2D eigenvalue weighted by atomic mass is 35.5. The number of nitrogens with one attached hydrogen (secondary N) is 1. The summed E-state index contributed by atoms with van der Waals surface area (Å²) in [5.74, 6) is -1.15. The van der Waals surface area contributed by atoms with Crippen LogP contribution in [0.5, 0.6) is 0 Å². The van der Waals surface area contributed by atoms with Crippen LogP contribution in [-0.2, 0) is 11.2 Å². The molecule has 20 heavy (non-hydrogen) atoms. The molecule has 0 unspecified atom stereocenters. The zero-order chi connectivity index (χ0) is 14.5. The predicted octanol–water partition coefficient (Wildman–Crippen LogP) is 4.04. The van der Waals surface area contributed by atoms with E-state index in [0.29, 0.717) is 11.4 Å². The molecule has 2 rings (SSSR count). The largest absolute Gasteiger partial charge is 0.477 e. The summed E-state index contributed by atoms with van der Waals surface area (Å²) in [6.45, 7) is 0. The first-order valence-electron chi connectivity index (χ1n) is 6.22. The van der Waals surface area contributed by atoms with Crippen LogP contribution in [0.3, 0.4) is 0 Å². The Bertz CT molecular complexity index is 618. The Labute approximate surface area is 122 Å². The number of hydrogen-bond acceptors (Lipinski definition) is 2. The lowest BCUT2D eigenvalue weighted by molar-refractivity contribution is -0.129. The molecule has 0 saturated heterocycles. The normalized spacial score (nSPS) is 10.2. The lowest BCUT2D eigenvalue weighted by Gasteiger charge is -2.05. The van der Waals surface area contributed by atoms with Crippen molar-refractivity contribution in [2.75, 3.05) is 0 Å². The van der Waals surface area contributed by atoms with Crippen molar-refractivity contribution in [2.24, 2.45) is 0 Å². The van der Waals surface area contributed by atoms with Crippen LogP contribution in [0.15, 0.2) is 48.5 Å². The first-order valence-corrected chi connectivity index (χ1v) is 6.59. The van der Waals surface area contributed by atoms with Crippen LogP contribution in [0.2, 0.25) is 5.02 Å². The second kappa shape index (κ2) is 6.35. The fraction of sp³-hybridized carbons (Fsp3) is 0.125. The van der Waals surface area contributed by atoms with E-state index in [1.54, 1.807) is 0 Å². The van der Waals surface area contributed by atoms with Gasteiger partial charge in [-0.25, -0.2) is 4.79 Å². The Hall–Kier alpha value is -2.13. The summed E-state index contributed by atoms with van der Waals surface area (Å²) in [5, 5.41) is 16.6. The second-order valence-corrected chi connectivity index (χ2v) is 4.92. The van der Waals surface area contributed by atoms with E-state index in [9.17, 15) is 4.79 Å². The summed E-state index contributed by atoms with van der Waals surface area (Å²) in [7, 11) is 0. The van der Waals surface area contributed by atoms with Crippen molar-refractivity contribution in [1.82, 2.24) is 0 Å². The summed E-state index contributed by atoms with van der Waals surface area (Å²) in [6.07, 6.45) is 0.807. The average molecular weight is 288 g/mol. The van der Waals surface area contributed by atoms with Crippen molar-refractivity contribution in [2.45, 2.75) is 12.8 Å². The molecule has 0 spiro atoms. The Balaban J connectivity index is 2.04. The van der Waals surface area contributed by atoms with Crippen LogP contribution >= 0.6 is 11.6 Å². The van der Waals surface area contributed by atoms with Gasteiger partial charge in [0.25, 0.3) is 0 Å². The maximum atomic E-state index is 10.6. The molecular weight excluding hydrogens is 274 g/mol. The van der Waals surface area contributed by atoms with Crippen LogP contribution in [0.25, 0.3) is 11.1 Å². The molecule has 0 saturated carbocycles. The van der Waals surface area contributed by atoms with Gasteiger partial charge >= 0.3 is 5.97 Å². The number of rotatable bonds is 5. The van der Waals surface area contributed by atoms with Crippen LogP contribution in [0.1, 0.15) is 12.0 Å². The van der Waals surface area contributed by atoms with Gasteiger partial charge in [-0.2, -0.15) is 0 Å². The minimum absolute atomic E-state index is 0.246. The molecule has 0 aliphatic rings. The maximum Gasteiger partial charge on any atom is 0.349 e. The van der Waals surface area contributed by atoms with Gasteiger partial charge in [-0.15, -0.1) is 0 Å². The van der Waals surface area contributed by atoms with Crippen LogP contribution < -0.4 is 0 Å². The molecule has 4 heteroatoms. The molecular formula is C16H14ClNO2. The molecule has 0 atom stereocenters. The molecule has 2 aromatic rings. The van der Waals surface area contributed by atoms with Gasteiger partial charge in [-0.05, 0) is 35.2 Å². The van der Waals surface area contributed by atoms with Crippen molar-refractivity contribution in [3.63, 3.8) is 0 Å². The summed E-state index contributed by atoms with van der Waals surface area (Å²) in [5.41, 5.74) is 2.93. The molecule has 0 amide bonds. The Morgan fingerprint density at radius 3 is 2.00 bits per heavy atom. The van der Waals surface area contributed by atoms with Crippen LogP contribution in [0, 0.1) is 5.41 Å².